The van der Waals surface area contributed by atoms with Gasteiger partial charge in [0, 0.05) is 5.56 Å². The molecular weight excluding hydrogens is 254 g/mol. The van der Waals surface area contributed by atoms with Crippen LogP contribution in [0.1, 0.15) is 37.5 Å². The molecule has 3 aliphatic rings. The Kier molecular flexibility index (Phi) is 2.66. The van der Waals surface area contributed by atoms with E-state index in [-0.39, 0.29) is 24.1 Å². The summed E-state index contributed by atoms with van der Waals surface area (Å²) in [6.45, 7) is 0.581. The first-order valence-electron chi connectivity index (χ1n) is 7.40. The van der Waals surface area contributed by atoms with E-state index in [1.807, 2.05) is 35.2 Å². The van der Waals surface area contributed by atoms with E-state index in [1.165, 1.54) is 0 Å². The van der Waals surface area contributed by atoms with Gasteiger partial charge in [0.1, 0.15) is 0 Å². The highest BCUT2D eigenvalue weighted by Gasteiger charge is 2.56. The zero-order valence-electron chi connectivity index (χ0n) is 11.4. The maximum Gasteiger partial charge on any atom is 0.231 e. The lowest BCUT2D eigenvalue weighted by Gasteiger charge is -2.41. The van der Waals surface area contributed by atoms with E-state index in [1.54, 1.807) is 0 Å². The van der Waals surface area contributed by atoms with Crippen molar-refractivity contribution in [3.05, 3.63) is 35.9 Å². The van der Waals surface area contributed by atoms with Crippen LogP contribution in [-0.2, 0) is 9.53 Å². The van der Waals surface area contributed by atoms with Gasteiger partial charge >= 0.3 is 0 Å². The van der Waals surface area contributed by atoms with Gasteiger partial charge in [-0.25, -0.2) is 0 Å². The molecule has 1 saturated carbocycles. The first-order chi connectivity index (χ1) is 9.69. The van der Waals surface area contributed by atoms with Crippen molar-refractivity contribution in [1.29, 1.82) is 0 Å². The van der Waals surface area contributed by atoms with Crippen LogP contribution in [0.3, 0.4) is 0 Å². The molecule has 106 valence electrons. The van der Waals surface area contributed by atoms with Gasteiger partial charge in [0.25, 0.3) is 0 Å². The van der Waals surface area contributed by atoms with Crippen LogP contribution in [-0.4, -0.2) is 34.2 Å². The first-order valence-corrected chi connectivity index (χ1v) is 7.40. The van der Waals surface area contributed by atoms with Gasteiger partial charge in [0.05, 0.1) is 24.2 Å². The van der Waals surface area contributed by atoms with Crippen LogP contribution in [0.4, 0.5) is 0 Å². The summed E-state index contributed by atoms with van der Waals surface area (Å²) < 4.78 is 5.81. The monoisotopic (exact) mass is 273 g/mol. The Hall–Kier alpha value is -1.39. The SMILES string of the molecule is O=C1C(C2(O)CCC2)CC2CO[C@H](c3ccccc3)N12. The molecule has 4 rings (SSSR count). The predicted molar refractivity (Wildman–Crippen MR) is 72.7 cm³/mol. The van der Waals surface area contributed by atoms with Crippen molar-refractivity contribution in [2.75, 3.05) is 6.61 Å². The van der Waals surface area contributed by atoms with Gasteiger partial charge in [-0.2, -0.15) is 0 Å². The predicted octanol–water partition coefficient (Wildman–Crippen LogP) is 1.85. The largest absolute Gasteiger partial charge is 0.389 e. The maximum atomic E-state index is 12.7. The Labute approximate surface area is 118 Å². The number of benzene rings is 1. The van der Waals surface area contributed by atoms with Crippen LogP contribution in [0.25, 0.3) is 0 Å². The molecule has 0 spiro atoms. The molecule has 0 radical (unpaired) electrons. The second-order valence-electron chi connectivity index (χ2n) is 6.24. The van der Waals surface area contributed by atoms with Gasteiger partial charge in [-0.1, -0.05) is 30.3 Å². The average Bonchev–Trinajstić information content (AvgIpc) is 2.98. The summed E-state index contributed by atoms with van der Waals surface area (Å²) in [7, 11) is 0. The van der Waals surface area contributed by atoms with Gasteiger partial charge in [-0.15, -0.1) is 0 Å². The summed E-state index contributed by atoms with van der Waals surface area (Å²) in [5.41, 5.74) is 0.271. The second kappa shape index (κ2) is 4.30. The van der Waals surface area contributed by atoms with Crippen LogP contribution in [0.2, 0.25) is 0 Å². The van der Waals surface area contributed by atoms with Crippen molar-refractivity contribution in [2.45, 2.75) is 43.6 Å². The zero-order chi connectivity index (χ0) is 13.7. The van der Waals surface area contributed by atoms with E-state index in [0.29, 0.717) is 6.61 Å². The molecule has 2 heterocycles. The zero-order valence-corrected chi connectivity index (χ0v) is 11.4. The fourth-order valence-corrected chi connectivity index (χ4v) is 3.80. The second-order valence-corrected chi connectivity index (χ2v) is 6.24. The Morgan fingerprint density at radius 1 is 1.25 bits per heavy atom. The summed E-state index contributed by atoms with van der Waals surface area (Å²) in [6, 6.07) is 9.99. The van der Waals surface area contributed by atoms with E-state index in [2.05, 4.69) is 0 Å². The molecular formula is C16H19NO3. The highest BCUT2D eigenvalue weighted by molar-refractivity contribution is 5.83. The van der Waals surface area contributed by atoms with Gasteiger partial charge < -0.3 is 14.7 Å². The molecule has 0 bridgehead atoms. The third-order valence-corrected chi connectivity index (χ3v) is 5.11. The number of fused-ring (bicyclic) bond motifs is 1. The van der Waals surface area contributed by atoms with E-state index in [4.69, 9.17) is 4.74 Å². The van der Waals surface area contributed by atoms with Crippen LogP contribution in [0.5, 0.6) is 0 Å². The Bertz CT molecular complexity index is 526. The summed E-state index contributed by atoms with van der Waals surface area (Å²) in [4.78, 5) is 14.6. The van der Waals surface area contributed by atoms with Crippen LogP contribution in [0.15, 0.2) is 30.3 Å². The van der Waals surface area contributed by atoms with Gasteiger partial charge in [0.15, 0.2) is 6.23 Å². The number of aliphatic hydroxyl groups is 1. The topological polar surface area (TPSA) is 49.8 Å². The number of hydrogen-bond acceptors (Lipinski definition) is 3. The molecule has 3 fully saturated rings. The average molecular weight is 273 g/mol. The van der Waals surface area contributed by atoms with E-state index in [0.717, 1.165) is 31.2 Å². The number of carbonyl (C=O) groups excluding carboxylic acids is 1. The lowest BCUT2D eigenvalue weighted by atomic mass is 9.70. The summed E-state index contributed by atoms with van der Waals surface area (Å²) >= 11 is 0. The van der Waals surface area contributed by atoms with Crippen molar-refractivity contribution in [1.82, 2.24) is 4.90 Å². The molecule has 1 aromatic carbocycles. The van der Waals surface area contributed by atoms with Crippen molar-refractivity contribution in [3.63, 3.8) is 0 Å². The van der Waals surface area contributed by atoms with Gasteiger partial charge in [0.2, 0.25) is 5.91 Å². The number of rotatable bonds is 2. The molecule has 1 amide bonds. The molecule has 2 unspecified atom stereocenters. The third kappa shape index (κ3) is 1.64. The van der Waals surface area contributed by atoms with Crippen molar-refractivity contribution >= 4 is 5.91 Å². The molecule has 3 atom stereocenters. The molecule has 20 heavy (non-hydrogen) atoms. The van der Waals surface area contributed by atoms with Crippen molar-refractivity contribution in [2.24, 2.45) is 5.92 Å². The molecule has 1 aromatic rings. The fraction of sp³-hybridized carbons (Fsp3) is 0.562. The molecule has 4 nitrogen and oxygen atoms in total. The van der Waals surface area contributed by atoms with E-state index >= 15 is 0 Å². The quantitative estimate of drug-likeness (QED) is 0.894. The molecule has 1 N–H and O–H groups in total. The minimum Gasteiger partial charge on any atom is -0.389 e. The maximum absolute atomic E-state index is 12.7. The highest BCUT2D eigenvalue weighted by atomic mass is 16.5. The summed E-state index contributed by atoms with van der Waals surface area (Å²) in [6.07, 6.45) is 3.02. The van der Waals surface area contributed by atoms with Crippen molar-refractivity contribution in [3.8, 4) is 0 Å². The van der Waals surface area contributed by atoms with E-state index < -0.39 is 5.60 Å². The Morgan fingerprint density at radius 2 is 2.00 bits per heavy atom. The highest BCUT2D eigenvalue weighted by Crippen LogP contribution is 2.48. The lowest BCUT2D eigenvalue weighted by molar-refractivity contribution is -0.151. The van der Waals surface area contributed by atoms with Crippen LogP contribution >= 0.6 is 0 Å². The number of ether oxygens (including phenoxy) is 1. The first kappa shape index (κ1) is 12.4. The number of hydrogen-bond donors (Lipinski definition) is 1. The molecule has 0 aromatic heterocycles. The lowest BCUT2D eigenvalue weighted by Crippen LogP contribution is -2.48. The number of amides is 1. The van der Waals surface area contributed by atoms with Crippen LogP contribution in [0, 0.1) is 5.92 Å². The standard InChI is InChI=1S/C16H19NO3/c18-14-13(16(19)7-4-8-16)9-12-10-20-15(17(12)14)11-5-2-1-3-6-11/h1-3,5-6,12-13,15,19H,4,7-10H2/t12?,13?,15-/m1/s1. The van der Waals surface area contributed by atoms with Gasteiger partial charge in [-0.3, -0.25) is 4.79 Å². The number of nitrogens with zero attached hydrogens (tertiary/aromatic N) is 1. The fourth-order valence-electron chi connectivity index (χ4n) is 3.80. The smallest absolute Gasteiger partial charge is 0.231 e. The number of carbonyl (C=O) groups is 1. The van der Waals surface area contributed by atoms with Gasteiger partial charge in [-0.05, 0) is 25.7 Å². The van der Waals surface area contributed by atoms with Crippen molar-refractivity contribution < 1.29 is 14.6 Å². The minimum absolute atomic E-state index is 0.0727. The normalized spacial score (nSPS) is 35.0. The molecule has 4 heteroatoms. The summed E-state index contributed by atoms with van der Waals surface area (Å²) in [5, 5.41) is 10.5. The molecule has 2 saturated heterocycles. The summed E-state index contributed by atoms with van der Waals surface area (Å²) in [5.74, 6) is -0.153. The molecule has 2 aliphatic heterocycles. The van der Waals surface area contributed by atoms with Crippen LogP contribution < -0.4 is 0 Å². The third-order valence-electron chi connectivity index (χ3n) is 5.11. The Morgan fingerprint density at radius 3 is 2.65 bits per heavy atom. The minimum atomic E-state index is -0.747. The molecule has 1 aliphatic carbocycles. The Balaban J connectivity index is 1.61. The van der Waals surface area contributed by atoms with E-state index in [9.17, 15) is 9.90 Å².